The minimum Gasteiger partial charge on any atom is -0.481 e. The highest BCUT2D eigenvalue weighted by Gasteiger charge is 2.50. The van der Waals surface area contributed by atoms with Crippen LogP contribution in [0.25, 0.3) is 11.2 Å². The number of imidazole rings is 1. The number of aliphatic hydroxyl groups excluding tert-OH is 2. The quantitative estimate of drug-likeness (QED) is 0.0291. The lowest BCUT2D eigenvalue weighted by Gasteiger charge is -2.30. The number of aliphatic carboxylic acids is 1. The molecular weight excluding hydrogens is 871 g/mol. The Morgan fingerprint density at radius 3 is 2.40 bits per heavy atom. The molecule has 3 rings (SSSR count). The molecule has 2 aromatic heterocycles. The number of carboxylic acid groups (broad SMARTS) is 1. The van der Waals surface area contributed by atoms with Crippen LogP contribution in [0, 0.1) is 5.41 Å². The van der Waals surface area contributed by atoms with E-state index in [-0.39, 0.29) is 53.6 Å². The summed E-state index contributed by atoms with van der Waals surface area (Å²) in [4.78, 5) is 97.9. The predicted octanol–water partition coefficient (Wildman–Crippen LogP) is -1.05. The zero-order chi connectivity index (χ0) is 42.9. The molecule has 1 saturated heterocycles. The average molecular weight is 912 g/mol. The number of aromatic nitrogens is 4. The number of thiol groups is 1. The van der Waals surface area contributed by atoms with Gasteiger partial charge in [-0.05, 0) is 0 Å². The second-order valence-electron chi connectivity index (χ2n) is 12.4. The van der Waals surface area contributed by atoms with Crippen LogP contribution in [0.1, 0.15) is 32.9 Å². The number of amides is 2. The third-order valence-electron chi connectivity index (χ3n) is 7.41. The Morgan fingerprint density at radius 2 is 1.75 bits per heavy atom. The first-order valence-corrected chi connectivity index (χ1v) is 21.9. The van der Waals surface area contributed by atoms with E-state index in [2.05, 4.69) is 47.0 Å². The highest BCUT2D eigenvalue weighted by Crippen LogP contribution is 2.61. The van der Waals surface area contributed by atoms with Crippen LogP contribution in [0.4, 0.5) is 5.82 Å². The maximum absolute atomic E-state index is 12.7. The highest BCUT2D eigenvalue weighted by atomic mass is 32.2. The molecule has 1 fully saturated rings. The minimum absolute atomic E-state index is 0.0175. The molecule has 26 nitrogen and oxygen atoms in total. The van der Waals surface area contributed by atoms with Gasteiger partial charge in [-0.25, -0.2) is 28.6 Å². The fourth-order valence-electron chi connectivity index (χ4n) is 4.62. The average Bonchev–Trinajstić information content (AvgIpc) is 3.66. The maximum atomic E-state index is 12.7. The van der Waals surface area contributed by atoms with Crippen LogP contribution in [-0.2, 0) is 55.5 Å². The minimum atomic E-state index is -5.59. The number of nitrogens with zero attached hydrogens (tertiary/aromatic N) is 4. The largest absolute Gasteiger partial charge is 0.481 e. The van der Waals surface area contributed by atoms with Crippen molar-refractivity contribution < 1.29 is 90.4 Å². The van der Waals surface area contributed by atoms with Crippen molar-refractivity contribution in [2.75, 3.05) is 37.8 Å². The number of hydrogen-bond acceptors (Lipinski definition) is 20. The number of rotatable bonds is 22. The van der Waals surface area contributed by atoms with Gasteiger partial charge in [0.25, 0.3) is 0 Å². The van der Waals surface area contributed by atoms with Crippen LogP contribution in [0.5, 0.6) is 0 Å². The number of phosphoric ester groups is 3. The summed E-state index contributed by atoms with van der Waals surface area (Å²) in [5, 5.41) is 34.3. The summed E-state index contributed by atoms with van der Waals surface area (Å²) >= 11 is 4.71. The number of phosphoric acid groups is 3. The van der Waals surface area contributed by atoms with Crippen LogP contribution in [0.2, 0.25) is 0 Å². The second kappa shape index (κ2) is 20.4. The number of carboxylic acids is 1. The van der Waals surface area contributed by atoms with Gasteiger partial charge in [-0.1, -0.05) is 31.7 Å². The Hall–Kier alpha value is -2.88. The normalized spacial score (nSPS) is 21.7. The van der Waals surface area contributed by atoms with Gasteiger partial charge in [0.2, 0.25) is 16.9 Å². The maximum Gasteiger partial charge on any atom is 0.481 e. The van der Waals surface area contributed by atoms with Gasteiger partial charge in [0.05, 0.1) is 30.9 Å². The monoisotopic (exact) mass is 911 g/mol. The second-order valence-corrected chi connectivity index (χ2v) is 18.2. The zero-order valence-electron chi connectivity index (χ0n) is 29.7. The molecule has 3 heterocycles. The zero-order valence-corrected chi connectivity index (χ0v) is 34.1. The number of nitrogens with two attached hydrogens (primary N) is 1. The number of fused-ring (bicyclic) bond motifs is 1. The molecule has 57 heavy (non-hydrogen) atoms. The number of anilines is 1. The number of aliphatic hydroxyl groups is 2. The van der Waals surface area contributed by atoms with E-state index in [9.17, 15) is 62.7 Å². The number of ether oxygens (including phenoxy) is 1. The lowest BCUT2D eigenvalue weighted by atomic mass is 9.87. The lowest BCUT2D eigenvalue weighted by Crippen LogP contribution is -2.46. The van der Waals surface area contributed by atoms with Gasteiger partial charge in [-0.2, -0.15) is 4.31 Å². The first-order valence-electron chi connectivity index (χ1n) is 16.0. The SMILES string of the molecule is CC(C)(COP(=O)(O)OP(=O)(O)OC[C@H]1O[C@@H](n2cnc3c(N)ncnc32)[C@H](O)[C@@H]1OP(=O)(O)O)C(O)C(=O)NCCC(=O)NCCSC(=O)/C(S)=C/CC(=O)O. The first kappa shape index (κ1) is 48.5. The number of carbonyl (C=O) groups excluding carboxylic acids is 3. The molecule has 1 aliphatic heterocycles. The van der Waals surface area contributed by atoms with E-state index in [4.69, 9.17) is 24.6 Å². The summed E-state index contributed by atoms with van der Waals surface area (Å²) in [7, 11) is -16.5. The molecule has 11 N–H and O–H groups in total. The molecule has 0 saturated carbocycles. The Balaban J connectivity index is 1.48. The van der Waals surface area contributed by atoms with Gasteiger partial charge in [-0.15, -0.1) is 12.6 Å². The third-order valence-corrected chi connectivity index (χ3v) is 11.9. The number of carbonyl (C=O) groups is 4. The van der Waals surface area contributed by atoms with Crippen LogP contribution < -0.4 is 16.4 Å². The Labute approximate surface area is 331 Å². The lowest BCUT2D eigenvalue weighted by molar-refractivity contribution is -0.137. The molecule has 31 heteroatoms. The van der Waals surface area contributed by atoms with Crippen molar-refractivity contribution in [1.29, 1.82) is 0 Å². The fourth-order valence-corrected chi connectivity index (χ4v) is 8.35. The number of thioether (sulfide) groups is 1. The fraction of sp³-hybridized carbons (Fsp3) is 0.577. The van der Waals surface area contributed by atoms with Crippen LogP contribution in [0.15, 0.2) is 23.6 Å². The predicted molar refractivity (Wildman–Crippen MR) is 196 cm³/mol. The molecule has 3 unspecified atom stereocenters. The van der Waals surface area contributed by atoms with E-state index in [0.717, 1.165) is 35.1 Å². The van der Waals surface area contributed by atoms with Crippen molar-refractivity contribution in [2.45, 2.75) is 57.3 Å². The van der Waals surface area contributed by atoms with E-state index < -0.39 is 95.6 Å². The van der Waals surface area contributed by atoms with Crippen LogP contribution in [-0.4, -0.2) is 134 Å². The Morgan fingerprint density at radius 1 is 1.09 bits per heavy atom. The van der Waals surface area contributed by atoms with Gasteiger partial charge in [-0.3, -0.25) is 37.3 Å². The molecule has 2 amide bonds. The number of nitrogen functional groups attached to an aromatic ring is 1. The first-order chi connectivity index (χ1) is 26.3. The summed E-state index contributed by atoms with van der Waals surface area (Å²) < 4.78 is 62.0. The Bertz CT molecular complexity index is 1970. The number of hydrogen-bond donors (Lipinski definition) is 11. The van der Waals surface area contributed by atoms with Gasteiger partial charge in [0.15, 0.2) is 17.7 Å². The smallest absolute Gasteiger partial charge is 0.481 e. The number of nitrogens with one attached hydrogen (secondary N) is 2. The summed E-state index contributed by atoms with van der Waals surface area (Å²) in [6, 6.07) is 0. The topological polar surface area (TPSA) is 401 Å². The van der Waals surface area contributed by atoms with Crippen molar-refractivity contribution in [3.05, 3.63) is 23.6 Å². The van der Waals surface area contributed by atoms with Crippen molar-refractivity contribution in [2.24, 2.45) is 5.41 Å². The molecule has 1 aliphatic rings. The Kier molecular flexibility index (Phi) is 17.3. The van der Waals surface area contributed by atoms with E-state index in [1.54, 1.807) is 0 Å². The summed E-state index contributed by atoms with van der Waals surface area (Å²) in [5.41, 5.74) is 4.19. The van der Waals surface area contributed by atoms with Gasteiger partial charge in [0, 0.05) is 30.7 Å². The van der Waals surface area contributed by atoms with E-state index in [1.165, 1.54) is 13.8 Å². The third kappa shape index (κ3) is 15.0. The molecule has 0 spiro atoms. The summed E-state index contributed by atoms with van der Waals surface area (Å²) in [5.74, 6) is -2.62. The van der Waals surface area contributed by atoms with Gasteiger partial charge < -0.3 is 56.0 Å². The molecule has 0 aromatic carbocycles. The van der Waals surface area contributed by atoms with Crippen LogP contribution in [0.3, 0.4) is 0 Å². The summed E-state index contributed by atoms with van der Waals surface area (Å²) in [6.45, 7) is 0.147. The van der Waals surface area contributed by atoms with Crippen molar-refractivity contribution in [1.82, 2.24) is 30.2 Å². The highest BCUT2D eigenvalue weighted by molar-refractivity contribution is 8.15. The molecule has 0 aliphatic carbocycles. The summed E-state index contributed by atoms with van der Waals surface area (Å²) in [6.07, 6.45) is -6.38. The van der Waals surface area contributed by atoms with Gasteiger partial charge >= 0.3 is 29.4 Å². The van der Waals surface area contributed by atoms with E-state index in [0.29, 0.717) is 0 Å². The molecule has 0 bridgehead atoms. The molecule has 7 atom stereocenters. The van der Waals surface area contributed by atoms with E-state index in [1.807, 2.05) is 0 Å². The molecule has 0 radical (unpaired) electrons. The molecule has 2 aromatic rings. The van der Waals surface area contributed by atoms with Gasteiger partial charge in [0.1, 0.15) is 36.3 Å². The molecule has 320 valence electrons. The van der Waals surface area contributed by atoms with Crippen LogP contribution >= 0.6 is 47.9 Å². The standard InChI is InChI=1S/C26H40N7O19P3S2/c1-26(2,20(38)23(39)29-6-5-15(34)28-7-8-57-25(40)14(56)3-4-16(35)36)10-49-55(46,47)52-54(44,45)48-9-13-19(51-53(41,42)43)18(37)24(50-13)33-12-32-17-21(27)30-11-31-22(17)33/h3,11-13,18-20,24,37-38,56H,4-10H2,1-2H3,(H,28,34)(H,29,39)(H,35,36)(H,44,45)(H,46,47)(H2,27,30,31)(H2,41,42,43)/b14-3-/t13-,18-,19-,20?,24-/m1/s1. The molecular formula is C26H40N7O19P3S2. The van der Waals surface area contributed by atoms with Crippen molar-refractivity contribution in [3.63, 3.8) is 0 Å². The van der Waals surface area contributed by atoms with Crippen molar-refractivity contribution in [3.8, 4) is 0 Å². The van der Waals surface area contributed by atoms with E-state index >= 15 is 0 Å². The van der Waals surface area contributed by atoms with Crippen molar-refractivity contribution >= 4 is 87.7 Å².